The number of fused-ring (bicyclic) bond motifs is 6. The summed E-state index contributed by atoms with van der Waals surface area (Å²) in [5, 5.41) is 5.00. The zero-order chi connectivity index (χ0) is 32.2. The first kappa shape index (κ1) is 28.1. The Hall–Kier alpha value is -6.12. The van der Waals surface area contributed by atoms with Gasteiger partial charge in [0.2, 0.25) is 0 Å². The number of nitrogens with zero attached hydrogens (tertiary/aromatic N) is 2. The molecule has 0 aromatic heterocycles. The van der Waals surface area contributed by atoms with Crippen LogP contribution in [0.5, 0.6) is 0 Å². The Morgan fingerprint density at radius 2 is 0.583 bits per heavy atom. The van der Waals surface area contributed by atoms with Crippen molar-refractivity contribution in [1.82, 2.24) is 0 Å². The third-order valence-electron chi connectivity index (χ3n) is 9.63. The fourth-order valence-electron chi connectivity index (χ4n) is 7.11. The quantitative estimate of drug-likeness (QED) is 0.184. The van der Waals surface area contributed by atoms with Crippen LogP contribution in [0.25, 0.3) is 43.8 Å². The van der Waals surface area contributed by atoms with Crippen LogP contribution < -0.4 is 9.80 Å². The van der Waals surface area contributed by atoms with Crippen LogP contribution in [0.3, 0.4) is 0 Å². The van der Waals surface area contributed by atoms with E-state index in [0.29, 0.717) is 0 Å². The van der Waals surface area contributed by atoms with Crippen molar-refractivity contribution in [2.75, 3.05) is 9.80 Å². The molecule has 0 saturated carbocycles. The molecule has 8 aromatic rings. The van der Waals surface area contributed by atoms with Crippen molar-refractivity contribution in [3.63, 3.8) is 0 Å². The van der Waals surface area contributed by atoms with Crippen molar-refractivity contribution >= 4 is 55.7 Å². The predicted molar refractivity (Wildman–Crippen MR) is 205 cm³/mol. The molecule has 0 unspecified atom stereocenters. The first-order valence-corrected chi connectivity index (χ1v) is 16.6. The maximum Gasteiger partial charge on any atom is 0.0468 e. The molecule has 0 N–H and O–H groups in total. The minimum atomic E-state index is 1.15. The molecule has 48 heavy (non-hydrogen) atoms. The molecule has 1 aliphatic rings. The van der Waals surface area contributed by atoms with E-state index in [0.717, 1.165) is 34.1 Å². The van der Waals surface area contributed by atoms with E-state index in [-0.39, 0.29) is 0 Å². The molecule has 8 aromatic carbocycles. The summed E-state index contributed by atoms with van der Waals surface area (Å²) in [7, 11) is 0. The molecule has 0 radical (unpaired) electrons. The molecule has 2 heteroatoms. The first-order valence-electron chi connectivity index (χ1n) is 16.6. The zero-order valence-corrected chi connectivity index (χ0v) is 27.1. The normalized spacial score (nSPS) is 11.5. The van der Waals surface area contributed by atoms with Crippen molar-refractivity contribution in [3.8, 4) is 22.3 Å². The van der Waals surface area contributed by atoms with Crippen LogP contribution in [0.2, 0.25) is 0 Å². The van der Waals surface area contributed by atoms with Gasteiger partial charge in [0.1, 0.15) is 0 Å². The molecule has 0 spiro atoms. The molecule has 0 bridgehead atoms. The standard InChI is InChI=1S/C46H34N2/c1-31-13-19-39(20-14-31)47(37-9-5-3-6-10-37)41-23-17-33-27-43-45(29-35(33)25-41)44-28-34-18-24-42(26-36(34)30-46(43)44)48(38-11-7-4-8-12-38)40-21-15-32(2)16-22-40/h3-30H,1-2H3. The number of para-hydroxylation sites is 2. The van der Waals surface area contributed by atoms with Crippen LogP contribution in [0.1, 0.15) is 11.1 Å². The van der Waals surface area contributed by atoms with Gasteiger partial charge < -0.3 is 9.80 Å². The van der Waals surface area contributed by atoms with Gasteiger partial charge in [0.15, 0.2) is 0 Å². The summed E-state index contributed by atoms with van der Waals surface area (Å²) in [6.07, 6.45) is 0. The SMILES string of the molecule is Cc1ccc(N(c2ccccc2)c2ccc3cc4c(cc3c2)-c2cc3ccc(N(c5ccccc5)c5ccc(C)cc5)cc3cc2-4)cc1. The van der Waals surface area contributed by atoms with Crippen LogP contribution >= 0.6 is 0 Å². The summed E-state index contributed by atoms with van der Waals surface area (Å²) in [5.74, 6) is 0. The smallest absolute Gasteiger partial charge is 0.0468 e. The maximum atomic E-state index is 2.38. The number of hydrogen-bond donors (Lipinski definition) is 0. The summed E-state index contributed by atoms with van der Waals surface area (Å²) in [4.78, 5) is 4.68. The predicted octanol–water partition coefficient (Wildman–Crippen LogP) is 13.2. The number of benzene rings is 8. The highest BCUT2D eigenvalue weighted by molar-refractivity contribution is 6.12. The van der Waals surface area contributed by atoms with Gasteiger partial charge in [0.05, 0.1) is 0 Å². The summed E-state index contributed by atoms with van der Waals surface area (Å²) in [6, 6.07) is 62.0. The molecular formula is C46H34N2. The van der Waals surface area contributed by atoms with E-state index in [1.165, 1.54) is 54.9 Å². The van der Waals surface area contributed by atoms with Gasteiger partial charge in [-0.05, 0) is 155 Å². The molecule has 0 fully saturated rings. The number of anilines is 6. The van der Waals surface area contributed by atoms with Crippen molar-refractivity contribution < 1.29 is 0 Å². The number of hydrogen-bond acceptors (Lipinski definition) is 2. The monoisotopic (exact) mass is 614 g/mol. The second-order valence-electron chi connectivity index (χ2n) is 12.9. The lowest BCUT2D eigenvalue weighted by molar-refractivity contribution is 1.28. The third kappa shape index (κ3) is 4.82. The summed E-state index contributed by atoms with van der Waals surface area (Å²) >= 11 is 0. The van der Waals surface area contributed by atoms with Crippen molar-refractivity contribution in [2.24, 2.45) is 0 Å². The Morgan fingerprint density at radius 3 is 0.958 bits per heavy atom. The lowest BCUT2D eigenvalue weighted by Gasteiger charge is -2.28. The largest absolute Gasteiger partial charge is 0.310 e. The van der Waals surface area contributed by atoms with E-state index in [9.17, 15) is 0 Å². The molecule has 0 saturated heterocycles. The van der Waals surface area contributed by atoms with E-state index in [4.69, 9.17) is 0 Å². The minimum Gasteiger partial charge on any atom is -0.310 e. The lowest BCUT2D eigenvalue weighted by Crippen LogP contribution is -2.10. The van der Waals surface area contributed by atoms with Gasteiger partial charge in [-0.25, -0.2) is 0 Å². The van der Waals surface area contributed by atoms with Gasteiger partial charge in [-0.15, -0.1) is 0 Å². The summed E-state index contributed by atoms with van der Waals surface area (Å²) < 4.78 is 0. The van der Waals surface area contributed by atoms with Gasteiger partial charge >= 0.3 is 0 Å². The van der Waals surface area contributed by atoms with Crippen LogP contribution in [0, 0.1) is 13.8 Å². The van der Waals surface area contributed by atoms with Gasteiger partial charge in [0.25, 0.3) is 0 Å². The Balaban J connectivity index is 1.11. The highest BCUT2D eigenvalue weighted by atomic mass is 15.1. The average molecular weight is 615 g/mol. The third-order valence-corrected chi connectivity index (χ3v) is 9.63. The maximum absolute atomic E-state index is 2.38. The fourth-order valence-corrected chi connectivity index (χ4v) is 7.11. The van der Waals surface area contributed by atoms with Crippen LogP contribution in [0.4, 0.5) is 34.1 Å². The highest BCUT2D eigenvalue weighted by Crippen LogP contribution is 2.51. The van der Waals surface area contributed by atoms with Gasteiger partial charge in [-0.2, -0.15) is 0 Å². The van der Waals surface area contributed by atoms with E-state index in [2.05, 4.69) is 194 Å². The Morgan fingerprint density at radius 1 is 0.271 bits per heavy atom. The van der Waals surface area contributed by atoms with Crippen LogP contribution in [-0.4, -0.2) is 0 Å². The number of aryl methyl sites for hydroxylation is 2. The second-order valence-corrected chi connectivity index (χ2v) is 12.9. The van der Waals surface area contributed by atoms with E-state index >= 15 is 0 Å². The Bertz CT molecular complexity index is 2250. The highest BCUT2D eigenvalue weighted by Gasteiger charge is 2.25. The van der Waals surface area contributed by atoms with Crippen LogP contribution in [-0.2, 0) is 0 Å². The molecule has 0 heterocycles. The summed E-state index contributed by atoms with van der Waals surface area (Å²) in [6.45, 7) is 4.27. The second kappa shape index (κ2) is 11.3. The van der Waals surface area contributed by atoms with Crippen LogP contribution in [0.15, 0.2) is 170 Å². The van der Waals surface area contributed by atoms with Crippen molar-refractivity contribution in [3.05, 3.63) is 181 Å². The molecule has 1 aliphatic carbocycles. The van der Waals surface area contributed by atoms with Gasteiger partial charge in [-0.1, -0.05) is 83.9 Å². The van der Waals surface area contributed by atoms with Gasteiger partial charge in [-0.3, -0.25) is 0 Å². The van der Waals surface area contributed by atoms with Crippen molar-refractivity contribution in [1.29, 1.82) is 0 Å². The van der Waals surface area contributed by atoms with E-state index in [1.807, 2.05) is 0 Å². The first-order chi connectivity index (χ1) is 23.6. The molecule has 0 aliphatic heterocycles. The Kier molecular flexibility index (Phi) is 6.62. The molecule has 2 nitrogen and oxygen atoms in total. The molecule has 0 amide bonds. The average Bonchev–Trinajstić information content (AvgIpc) is 3.13. The number of rotatable bonds is 6. The minimum absolute atomic E-state index is 1.15. The molecule has 228 valence electrons. The fraction of sp³-hybridized carbons (Fsp3) is 0.0435. The van der Waals surface area contributed by atoms with E-state index in [1.54, 1.807) is 0 Å². The topological polar surface area (TPSA) is 6.48 Å². The zero-order valence-electron chi connectivity index (χ0n) is 27.1. The summed E-state index contributed by atoms with van der Waals surface area (Å²) in [5.41, 5.74) is 14.7. The van der Waals surface area contributed by atoms with Crippen molar-refractivity contribution in [2.45, 2.75) is 13.8 Å². The molecular weight excluding hydrogens is 581 g/mol. The Labute approximate surface area is 281 Å². The molecule has 0 atom stereocenters. The lowest BCUT2D eigenvalue weighted by atomic mass is 9.78. The van der Waals surface area contributed by atoms with E-state index < -0.39 is 0 Å². The molecule has 9 rings (SSSR count). The van der Waals surface area contributed by atoms with Gasteiger partial charge in [0, 0.05) is 34.1 Å².